The molecule has 240 valence electrons. The average molecular weight is 672 g/mol. The van der Waals surface area contributed by atoms with Gasteiger partial charge in [0.1, 0.15) is 5.75 Å². The summed E-state index contributed by atoms with van der Waals surface area (Å²) in [5.41, 5.74) is 1.51. The quantitative estimate of drug-likeness (QED) is 0.111. The molecule has 1 atom stereocenters. The lowest BCUT2D eigenvalue weighted by atomic mass is 9.87. The van der Waals surface area contributed by atoms with Gasteiger partial charge >= 0.3 is 13.2 Å². The van der Waals surface area contributed by atoms with Crippen molar-refractivity contribution in [3.8, 4) is 23.1 Å². The van der Waals surface area contributed by atoms with Crippen LogP contribution in [0.25, 0.3) is 0 Å². The molecule has 0 aliphatic heterocycles. The fourth-order valence-electron chi connectivity index (χ4n) is 4.41. The van der Waals surface area contributed by atoms with E-state index >= 15 is 0 Å². The van der Waals surface area contributed by atoms with Crippen molar-refractivity contribution in [3.05, 3.63) is 107 Å². The third-order valence-corrected chi connectivity index (χ3v) is 9.40. The molecule has 2 aromatic carbocycles. The lowest BCUT2D eigenvalue weighted by Crippen LogP contribution is -2.35. The maximum Gasteiger partial charge on any atom is 0.387 e. The number of pyridine rings is 2. The van der Waals surface area contributed by atoms with Crippen LogP contribution in [-0.2, 0) is 26.5 Å². The number of ether oxygens (including phenoxy) is 3. The Morgan fingerprint density at radius 2 is 1.38 bits per heavy atom. The highest BCUT2D eigenvalue weighted by molar-refractivity contribution is 8.09. The molecule has 1 unspecified atom stereocenters. The molecule has 0 aliphatic rings. The van der Waals surface area contributed by atoms with Gasteiger partial charge in [-0.15, -0.1) is 0 Å². The van der Waals surface area contributed by atoms with E-state index in [1.807, 2.05) is 0 Å². The fraction of sp³-hybridized carbons (Fsp3) is 0.214. The third-order valence-electron chi connectivity index (χ3n) is 6.15. The van der Waals surface area contributed by atoms with E-state index in [1.165, 1.54) is 55.0 Å². The Morgan fingerprint density at radius 3 is 1.91 bits per heavy atom. The minimum Gasteiger partial charge on any atom is -0.619 e. The average Bonchev–Trinajstić information content (AvgIpc) is 2.93. The molecule has 0 spiro atoms. The number of halogens is 4. The van der Waals surface area contributed by atoms with Crippen molar-refractivity contribution >= 4 is 25.7 Å². The number of benzene rings is 2. The standard InChI is InChI=1S/C28H25F4N3O8S2/c1-44(37,38)35(45(2,39)40)21-5-7-22(8-6-21)41-26-10-4-20(17-33-26)23(15-18-11-13-34(36)14-12-18)19-3-9-24(42-27(29)30)25(16-19)43-28(31)32/h3-14,16-17,23,27-28H,15H2,1-2H3. The van der Waals surface area contributed by atoms with E-state index in [1.54, 1.807) is 18.2 Å². The Bertz CT molecular complexity index is 1800. The van der Waals surface area contributed by atoms with Crippen LogP contribution in [-0.4, -0.2) is 47.6 Å². The molecule has 4 rings (SSSR count). The number of anilines is 1. The zero-order chi connectivity index (χ0) is 32.9. The van der Waals surface area contributed by atoms with Gasteiger partial charge in [0.2, 0.25) is 25.9 Å². The van der Waals surface area contributed by atoms with E-state index in [0.29, 0.717) is 21.4 Å². The van der Waals surface area contributed by atoms with Crippen molar-refractivity contribution in [1.82, 2.24) is 4.98 Å². The highest BCUT2D eigenvalue weighted by atomic mass is 32.3. The summed E-state index contributed by atoms with van der Waals surface area (Å²) < 4.78 is 115. The van der Waals surface area contributed by atoms with Crippen LogP contribution in [0.15, 0.2) is 85.3 Å². The Labute approximate surface area is 255 Å². The summed E-state index contributed by atoms with van der Waals surface area (Å²) in [5.74, 6) is -1.46. The van der Waals surface area contributed by atoms with Gasteiger partial charge < -0.3 is 19.4 Å². The minimum absolute atomic E-state index is 0.0999. The molecule has 0 saturated carbocycles. The third kappa shape index (κ3) is 8.95. The molecule has 11 nitrogen and oxygen atoms in total. The van der Waals surface area contributed by atoms with Gasteiger partial charge in [0.15, 0.2) is 23.9 Å². The van der Waals surface area contributed by atoms with Gasteiger partial charge in [-0.1, -0.05) is 12.1 Å². The minimum atomic E-state index is -4.13. The van der Waals surface area contributed by atoms with E-state index in [9.17, 15) is 39.6 Å². The summed E-state index contributed by atoms with van der Waals surface area (Å²) >= 11 is 0. The van der Waals surface area contributed by atoms with E-state index < -0.39 is 50.7 Å². The Kier molecular flexibility index (Phi) is 10.0. The molecular formula is C28H25F4N3O8S2. The summed E-state index contributed by atoms with van der Waals surface area (Å²) in [6, 6.07) is 15.1. The van der Waals surface area contributed by atoms with E-state index in [4.69, 9.17) is 4.74 Å². The van der Waals surface area contributed by atoms with Gasteiger partial charge in [0.25, 0.3) is 0 Å². The Balaban J connectivity index is 1.64. The van der Waals surface area contributed by atoms with Crippen LogP contribution in [0, 0.1) is 5.21 Å². The molecule has 2 heterocycles. The zero-order valence-corrected chi connectivity index (χ0v) is 25.1. The van der Waals surface area contributed by atoms with Crippen LogP contribution in [0.5, 0.6) is 23.1 Å². The van der Waals surface area contributed by atoms with Crippen molar-refractivity contribution in [3.63, 3.8) is 0 Å². The normalized spacial score (nSPS) is 12.6. The van der Waals surface area contributed by atoms with Gasteiger partial charge in [0.05, 0.1) is 18.2 Å². The van der Waals surface area contributed by atoms with Crippen molar-refractivity contribution < 1.29 is 53.3 Å². The summed E-state index contributed by atoms with van der Waals surface area (Å²) in [6.07, 6.45) is 5.76. The summed E-state index contributed by atoms with van der Waals surface area (Å²) in [4.78, 5) is 4.29. The number of hydrogen-bond acceptors (Lipinski definition) is 9. The fourth-order valence-corrected chi connectivity index (χ4v) is 7.39. The summed E-state index contributed by atoms with van der Waals surface area (Å²) in [6.45, 7) is -6.59. The largest absolute Gasteiger partial charge is 0.619 e. The topological polar surface area (TPSA) is 139 Å². The molecule has 0 radical (unpaired) electrons. The molecule has 0 fully saturated rings. The first kappa shape index (κ1) is 33.3. The zero-order valence-electron chi connectivity index (χ0n) is 23.5. The molecule has 0 saturated heterocycles. The molecule has 45 heavy (non-hydrogen) atoms. The molecule has 0 bridgehead atoms. The first-order valence-electron chi connectivity index (χ1n) is 12.8. The van der Waals surface area contributed by atoms with Crippen molar-refractivity contribution in [2.75, 3.05) is 16.2 Å². The van der Waals surface area contributed by atoms with Crippen molar-refractivity contribution in [2.45, 2.75) is 25.6 Å². The van der Waals surface area contributed by atoms with Gasteiger partial charge in [-0.2, -0.15) is 26.0 Å². The highest BCUT2D eigenvalue weighted by Gasteiger charge is 2.27. The number of aromatic nitrogens is 2. The SMILES string of the molecule is CS(=O)(=O)N(c1ccc(Oc2ccc(C(Cc3cc[n+]([O-])cc3)c3ccc(OC(F)F)c(OC(F)F)c3)cn2)cc1)S(C)(=O)=O. The van der Waals surface area contributed by atoms with E-state index in [-0.39, 0.29) is 27.4 Å². The van der Waals surface area contributed by atoms with Crippen LogP contribution in [0.4, 0.5) is 23.2 Å². The van der Waals surface area contributed by atoms with Crippen LogP contribution < -0.4 is 22.7 Å². The predicted molar refractivity (Wildman–Crippen MR) is 154 cm³/mol. The molecule has 0 N–H and O–H groups in total. The molecular weight excluding hydrogens is 646 g/mol. The molecule has 4 aromatic rings. The first-order chi connectivity index (χ1) is 21.1. The Morgan fingerprint density at radius 1 is 0.800 bits per heavy atom. The van der Waals surface area contributed by atoms with Crippen LogP contribution in [0.3, 0.4) is 0 Å². The molecule has 0 amide bonds. The van der Waals surface area contributed by atoms with Crippen molar-refractivity contribution in [2.24, 2.45) is 0 Å². The molecule has 17 heteroatoms. The van der Waals surface area contributed by atoms with E-state index in [0.717, 1.165) is 24.6 Å². The van der Waals surface area contributed by atoms with E-state index in [2.05, 4.69) is 14.5 Å². The smallest absolute Gasteiger partial charge is 0.387 e. The van der Waals surface area contributed by atoms with Crippen LogP contribution in [0.2, 0.25) is 0 Å². The first-order valence-corrected chi connectivity index (χ1v) is 16.5. The van der Waals surface area contributed by atoms with Gasteiger partial charge in [-0.3, -0.25) is 0 Å². The predicted octanol–water partition coefficient (Wildman–Crippen LogP) is 4.81. The lowest BCUT2D eigenvalue weighted by Gasteiger charge is -2.21. The maximum atomic E-state index is 13.1. The highest BCUT2D eigenvalue weighted by Crippen LogP contribution is 2.37. The molecule has 2 aromatic heterocycles. The second-order valence-corrected chi connectivity index (χ2v) is 13.4. The number of sulfonamides is 2. The monoisotopic (exact) mass is 671 g/mol. The lowest BCUT2D eigenvalue weighted by molar-refractivity contribution is -0.605. The summed E-state index contributed by atoms with van der Waals surface area (Å²) in [5, 5.41) is 11.5. The summed E-state index contributed by atoms with van der Waals surface area (Å²) in [7, 11) is -8.27. The number of rotatable bonds is 13. The van der Waals surface area contributed by atoms with Crippen LogP contribution >= 0.6 is 0 Å². The number of hydrogen-bond donors (Lipinski definition) is 0. The van der Waals surface area contributed by atoms with Crippen LogP contribution in [0.1, 0.15) is 22.6 Å². The number of alkyl halides is 4. The van der Waals surface area contributed by atoms with Gasteiger partial charge in [0, 0.05) is 30.3 Å². The second kappa shape index (κ2) is 13.6. The van der Waals surface area contributed by atoms with Gasteiger partial charge in [-0.05, 0) is 59.5 Å². The molecule has 0 aliphatic carbocycles. The van der Waals surface area contributed by atoms with Crippen molar-refractivity contribution in [1.29, 1.82) is 0 Å². The number of nitrogens with zero attached hydrogens (tertiary/aromatic N) is 3. The van der Waals surface area contributed by atoms with Gasteiger partial charge in [-0.25, -0.2) is 21.8 Å². The Hall–Kier alpha value is -4.64. The second-order valence-electron chi connectivity index (χ2n) is 9.54. The maximum absolute atomic E-state index is 13.1.